The number of hydrogen-bond donors (Lipinski definition) is 0. The summed E-state index contributed by atoms with van der Waals surface area (Å²) in [7, 11) is 1.57. The second kappa shape index (κ2) is 3.14. The quantitative estimate of drug-likeness (QED) is 0.639. The first-order chi connectivity index (χ1) is 5.27. The molecule has 1 aromatic rings. The second-order valence-corrected chi connectivity index (χ2v) is 2.17. The molecule has 0 fully saturated rings. The van der Waals surface area contributed by atoms with Gasteiger partial charge >= 0.3 is 0 Å². The molecule has 0 saturated carbocycles. The summed E-state index contributed by atoms with van der Waals surface area (Å²) in [5.74, 6) is 0.565. The van der Waals surface area contributed by atoms with Gasteiger partial charge in [-0.3, -0.25) is 0 Å². The maximum absolute atomic E-state index is 4.94. The Balaban J connectivity index is 3.09. The van der Waals surface area contributed by atoms with Crippen molar-refractivity contribution in [2.45, 2.75) is 6.92 Å². The highest BCUT2D eigenvalue weighted by Gasteiger charge is 1.99. The number of aryl methyl sites for hydroxylation is 1. The van der Waals surface area contributed by atoms with Crippen molar-refractivity contribution >= 4 is 6.08 Å². The lowest BCUT2D eigenvalue weighted by atomic mass is 10.3. The SMILES string of the molecule is C=Cc1cc(C)c(OC)nn1. The van der Waals surface area contributed by atoms with Crippen molar-refractivity contribution in [3.05, 3.63) is 23.9 Å². The van der Waals surface area contributed by atoms with Crippen LogP contribution < -0.4 is 4.74 Å². The molecule has 1 heterocycles. The van der Waals surface area contributed by atoms with E-state index in [9.17, 15) is 0 Å². The van der Waals surface area contributed by atoms with Gasteiger partial charge in [-0.2, -0.15) is 0 Å². The van der Waals surface area contributed by atoms with Crippen molar-refractivity contribution in [2.24, 2.45) is 0 Å². The predicted octanol–water partition coefficient (Wildman–Crippen LogP) is 1.44. The zero-order chi connectivity index (χ0) is 8.27. The number of methoxy groups -OCH3 is 1. The Hall–Kier alpha value is -1.38. The first-order valence-electron chi connectivity index (χ1n) is 3.28. The molecule has 0 amide bonds. The third-order valence-corrected chi connectivity index (χ3v) is 1.36. The van der Waals surface area contributed by atoms with E-state index >= 15 is 0 Å². The Morgan fingerprint density at radius 3 is 2.73 bits per heavy atom. The Labute approximate surface area is 65.7 Å². The zero-order valence-corrected chi connectivity index (χ0v) is 6.66. The van der Waals surface area contributed by atoms with Gasteiger partial charge < -0.3 is 4.74 Å². The zero-order valence-electron chi connectivity index (χ0n) is 6.66. The van der Waals surface area contributed by atoms with Gasteiger partial charge in [-0.15, -0.1) is 10.2 Å². The summed E-state index contributed by atoms with van der Waals surface area (Å²) in [5, 5.41) is 7.66. The van der Waals surface area contributed by atoms with Gasteiger partial charge in [0.05, 0.1) is 12.8 Å². The Morgan fingerprint density at radius 1 is 1.55 bits per heavy atom. The van der Waals surface area contributed by atoms with Crippen LogP contribution in [-0.2, 0) is 0 Å². The minimum atomic E-state index is 0.565. The van der Waals surface area contributed by atoms with Gasteiger partial charge in [0.15, 0.2) is 0 Å². The van der Waals surface area contributed by atoms with Crippen LogP contribution in [-0.4, -0.2) is 17.3 Å². The molecule has 3 nitrogen and oxygen atoms in total. The summed E-state index contributed by atoms with van der Waals surface area (Å²) < 4.78 is 4.94. The molecule has 0 spiro atoms. The molecule has 0 bridgehead atoms. The van der Waals surface area contributed by atoms with E-state index in [1.807, 2.05) is 13.0 Å². The van der Waals surface area contributed by atoms with Crippen molar-refractivity contribution in [3.8, 4) is 5.88 Å². The van der Waals surface area contributed by atoms with E-state index in [1.54, 1.807) is 13.2 Å². The van der Waals surface area contributed by atoms with E-state index in [0.29, 0.717) is 5.88 Å². The fourth-order valence-corrected chi connectivity index (χ4v) is 0.796. The molecule has 0 unspecified atom stereocenters. The largest absolute Gasteiger partial charge is 0.480 e. The van der Waals surface area contributed by atoms with E-state index in [2.05, 4.69) is 16.8 Å². The summed E-state index contributed by atoms with van der Waals surface area (Å²) in [6, 6.07) is 1.87. The van der Waals surface area contributed by atoms with Gasteiger partial charge in [0, 0.05) is 5.56 Å². The normalized spacial score (nSPS) is 9.27. The lowest BCUT2D eigenvalue weighted by Crippen LogP contribution is -1.95. The summed E-state index contributed by atoms with van der Waals surface area (Å²) in [5.41, 5.74) is 1.74. The third-order valence-electron chi connectivity index (χ3n) is 1.36. The van der Waals surface area contributed by atoms with Gasteiger partial charge in [-0.1, -0.05) is 6.58 Å². The molecule has 0 aliphatic carbocycles. The van der Waals surface area contributed by atoms with Crippen LogP contribution in [0.2, 0.25) is 0 Å². The van der Waals surface area contributed by atoms with Gasteiger partial charge in [-0.05, 0) is 19.1 Å². The van der Waals surface area contributed by atoms with E-state index in [-0.39, 0.29) is 0 Å². The smallest absolute Gasteiger partial charge is 0.236 e. The summed E-state index contributed by atoms with van der Waals surface area (Å²) >= 11 is 0. The molecule has 0 N–H and O–H groups in total. The molecule has 0 atom stereocenters. The van der Waals surface area contributed by atoms with E-state index < -0.39 is 0 Å². The monoisotopic (exact) mass is 150 g/mol. The second-order valence-electron chi connectivity index (χ2n) is 2.17. The summed E-state index contributed by atoms with van der Waals surface area (Å²) in [6.07, 6.45) is 1.65. The Morgan fingerprint density at radius 2 is 2.27 bits per heavy atom. The minimum Gasteiger partial charge on any atom is -0.480 e. The van der Waals surface area contributed by atoms with Crippen LogP contribution >= 0.6 is 0 Å². The van der Waals surface area contributed by atoms with Crippen molar-refractivity contribution in [1.29, 1.82) is 0 Å². The molecule has 3 heteroatoms. The molecule has 0 aliphatic rings. The number of rotatable bonds is 2. The first-order valence-corrected chi connectivity index (χ1v) is 3.28. The first kappa shape index (κ1) is 7.72. The molecule has 1 rings (SSSR count). The molecule has 0 aliphatic heterocycles. The van der Waals surface area contributed by atoms with Crippen molar-refractivity contribution in [1.82, 2.24) is 10.2 Å². The molecule has 11 heavy (non-hydrogen) atoms. The number of nitrogens with zero attached hydrogens (tertiary/aromatic N) is 2. The van der Waals surface area contributed by atoms with Crippen LogP contribution in [0, 0.1) is 6.92 Å². The minimum absolute atomic E-state index is 0.565. The van der Waals surface area contributed by atoms with Crippen LogP contribution in [0.15, 0.2) is 12.6 Å². The topological polar surface area (TPSA) is 35.0 Å². The average Bonchev–Trinajstić information content (AvgIpc) is 2.04. The van der Waals surface area contributed by atoms with E-state index in [0.717, 1.165) is 11.3 Å². The van der Waals surface area contributed by atoms with Crippen LogP contribution in [0.3, 0.4) is 0 Å². The fourth-order valence-electron chi connectivity index (χ4n) is 0.796. The maximum Gasteiger partial charge on any atom is 0.236 e. The lowest BCUT2D eigenvalue weighted by Gasteiger charge is -2.00. The molecule has 58 valence electrons. The highest BCUT2D eigenvalue weighted by Crippen LogP contribution is 2.12. The van der Waals surface area contributed by atoms with Crippen molar-refractivity contribution in [3.63, 3.8) is 0 Å². The third kappa shape index (κ3) is 1.55. The number of hydrogen-bond acceptors (Lipinski definition) is 3. The highest BCUT2D eigenvalue weighted by molar-refractivity contribution is 5.43. The molecule has 1 aromatic heterocycles. The van der Waals surface area contributed by atoms with Gasteiger partial charge in [0.25, 0.3) is 0 Å². The molecule has 0 aromatic carbocycles. The number of ether oxygens (including phenoxy) is 1. The van der Waals surface area contributed by atoms with Crippen LogP contribution in [0.1, 0.15) is 11.3 Å². The van der Waals surface area contributed by atoms with Crippen molar-refractivity contribution in [2.75, 3.05) is 7.11 Å². The van der Waals surface area contributed by atoms with E-state index in [1.165, 1.54) is 0 Å². The van der Waals surface area contributed by atoms with E-state index in [4.69, 9.17) is 4.74 Å². The molecule has 0 radical (unpaired) electrons. The van der Waals surface area contributed by atoms with Gasteiger partial charge in [-0.25, -0.2) is 0 Å². The Bertz CT molecular complexity index is 271. The van der Waals surface area contributed by atoms with Gasteiger partial charge in [0.1, 0.15) is 0 Å². The lowest BCUT2D eigenvalue weighted by molar-refractivity contribution is 0.388. The van der Waals surface area contributed by atoms with Crippen LogP contribution in [0.5, 0.6) is 5.88 Å². The fraction of sp³-hybridized carbons (Fsp3) is 0.250. The molecular weight excluding hydrogens is 140 g/mol. The molecular formula is C8H10N2O. The number of aromatic nitrogens is 2. The highest BCUT2D eigenvalue weighted by atomic mass is 16.5. The maximum atomic E-state index is 4.94. The Kier molecular flexibility index (Phi) is 2.21. The summed E-state index contributed by atoms with van der Waals surface area (Å²) in [4.78, 5) is 0. The summed E-state index contributed by atoms with van der Waals surface area (Å²) in [6.45, 7) is 5.50. The van der Waals surface area contributed by atoms with Crippen LogP contribution in [0.25, 0.3) is 6.08 Å². The average molecular weight is 150 g/mol. The van der Waals surface area contributed by atoms with Crippen molar-refractivity contribution < 1.29 is 4.74 Å². The predicted molar refractivity (Wildman–Crippen MR) is 43.4 cm³/mol. The molecule has 0 saturated heterocycles. The van der Waals surface area contributed by atoms with Crippen LogP contribution in [0.4, 0.5) is 0 Å². The standard InChI is InChI=1S/C8H10N2O/c1-4-7-5-6(2)8(11-3)10-9-7/h4-5H,1H2,2-3H3. The van der Waals surface area contributed by atoms with Gasteiger partial charge in [0.2, 0.25) is 5.88 Å².